The van der Waals surface area contributed by atoms with E-state index in [2.05, 4.69) is 157 Å². The number of fused-ring (bicyclic) bond motifs is 5. The first-order valence-electron chi connectivity index (χ1n) is 18.8. The molecule has 6 aliphatic rings. The van der Waals surface area contributed by atoms with E-state index in [1.165, 1.54) is 93.0 Å². The lowest BCUT2D eigenvalue weighted by molar-refractivity contribution is -0.140. The second kappa shape index (κ2) is 9.76. The third-order valence-corrected chi connectivity index (χ3v) is 14.3. The second-order valence-electron chi connectivity index (χ2n) is 16.3. The van der Waals surface area contributed by atoms with Crippen LogP contribution in [0.15, 0.2) is 152 Å². The van der Waals surface area contributed by atoms with Crippen LogP contribution in [0.2, 0.25) is 0 Å². The minimum Gasteiger partial charge on any atom is -0.310 e. The zero-order valence-corrected chi connectivity index (χ0v) is 28.2. The van der Waals surface area contributed by atoms with Gasteiger partial charge in [0, 0.05) is 22.5 Å². The number of anilines is 3. The molecule has 0 aliphatic heterocycles. The van der Waals surface area contributed by atoms with Crippen LogP contribution >= 0.6 is 0 Å². The first-order valence-corrected chi connectivity index (χ1v) is 18.8. The summed E-state index contributed by atoms with van der Waals surface area (Å²) < 4.78 is 0. The fourth-order valence-electron chi connectivity index (χ4n) is 12.7. The molecule has 5 fully saturated rings. The molecular formula is C49H39N. The first kappa shape index (κ1) is 27.7. The van der Waals surface area contributed by atoms with Gasteiger partial charge in [-0.2, -0.15) is 0 Å². The van der Waals surface area contributed by atoms with Crippen molar-refractivity contribution in [3.63, 3.8) is 0 Å². The maximum atomic E-state index is 2.58. The molecule has 0 saturated heterocycles. The Morgan fingerprint density at radius 2 is 1.10 bits per heavy atom. The molecule has 1 heteroatoms. The highest BCUT2D eigenvalue weighted by Crippen LogP contribution is 2.84. The average Bonchev–Trinajstić information content (AvgIpc) is 3.45. The lowest BCUT2D eigenvalue weighted by Crippen LogP contribution is -2.62. The van der Waals surface area contributed by atoms with Crippen LogP contribution < -0.4 is 4.90 Å². The summed E-state index contributed by atoms with van der Waals surface area (Å²) in [5.74, 6) is 3.65. The van der Waals surface area contributed by atoms with Gasteiger partial charge in [-0.15, -0.1) is 0 Å². The molecule has 1 nitrogen and oxygen atoms in total. The van der Waals surface area contributed by atoms with Crippen molar-refractivity contribution in [3.05, 3.63) is 163 Å². The van der Waals surface area contributed by atoms with Crippen molar-refractivity contribution in [1.82, 2.24) is 0 Å². The third-order valence-electron chi connectivity index (χ3n) is 14.3. The van der Waals surface area contributed by atoms with Crippen LogP contribution in [0.25, 0.3) is 43.8 Å². The Morgan fingerprint density at radius 3 is 1.94 bits per heavy atom. The summed E-state index contributed by atoms with van der Waals surface area (Å²) in [4.78, 5) is 2.49. The zero-order valence-electron chi connectivity index (χ0n) is 28.2. The van der Waals surface area contributed by atoms with E-state index in [4.69, 9.17) is 0 Å². The molecule has 5 saturated carbocycles. The van der Waals surface area contributed by atoms with Crippen LogP contribution in [0.5, 0.6) is 0 Å². The van der Waals surface area contributed by atoms with E-state index in [0.29, 0.717) is 5.41 Å². The highest BCUT2D eigenvalue weighted by molar-refractivity contribution is 5.92. The fourth-order valence-corrected chi connectivity index (χ4v) is 12.7. The molecule has 50 heavy (non-hydrogen) atoms. The Morgan fingerprint density at radius 1 is 0.460 bits per heavy atom. The SMILES string of the molecule is c1ccc2c(c1)-c1cc(N(c3ccc(-c4ccc5ccccc5c4)cc3)c3ccc4ccccc4c3)ccc1C21C2CC3CC4CC1(C3)C4C2. The first-order chi connectivity index (χ1) is 24.7. The van der Waals surface area contributed by atoms with Crippen molar-refractivity contribution in [2.24, 2.45) is 29.1 Å². The van der Waals surface area contributed by atoms with Crippen LogP contribution in [0.3, 0.4) is 0 Å². The summed E-state index contributed by atoms with van der Waals surface area (Å²) in [6, 6.07) is 57.5. The molecule has 0 heterocycles. The number of benzene rings is 7. The molecule has 0 amide bonds. The molecule has 6 atom stereocenters. The molecule has 4 bridgehead atoms. The van der Waals surface area contributed by atoms with Crippen molar-refractivity contribution in [3.8, 4) is 22.3 Å². The zero-order chi connectivity index (χ0) is 32.6. The van der Waals surface area contributed by atoms with E-state index in [1.807, 2.05) is 0 Å². The minimum absolute atomic E-state index is 0.199. The van der Waals surface area contributed by atoms with Gasteiger partial charge in [-0.1, -0.05) is 109 Å². The minimum atomic E-state index is 0.199. The van der Waals surface area contributed by atoms with Crippen LogP contribution in [0, 0.1) is 29.1 Å². The van der Waals surface area contributed by atoms with Gasteiger partial charge in [-0.25, -0.2) is 0 Å². The molecule has 240 valence electrons. The Labute approximate surface area is 294 Å². The lowest BCUT2D eigenvalue weighted by Gasteiger charge is -2.67. The Kier molecular flexibility index (Phi) is 5.40. The summed E-state index contributed by atoms with van der Waals surface area (Å²) in [7, 11) is 0. The molecule has 6 aliphatic carbocycles. The third kappa shape index (κ3) is 3.44. The highest BCUT2D eigenvalue weighted by atomic mass is 15.1. The van der Waals surface area contributed by atoms with Crippen molar-refractivity contribution < 1.29 is 0 Å². The van der Waals surface area contributed by atoms with Crippen LogP contribution in [-0.2, 0) is 5.41 Å². The van der Waals surface area contributed by atoms with E-state index in [9.17, 15) is 0 Å². The normalized spacial score (nSPS) is 27.8. The van der Waals surface area contributed by atoms with Crippen molar-refractivity contribution in [2.75, 3.05) is 4.90 Å². The molecule has 13 rings (SSSR count). The molecule has 0 N–H and O–H groups in total. The number of nitrogens with zero attached hydrogens (tertiary/aromatic N) is 1. The number of rotatable bonds is 4. The standard InChI is InChI=1S/C49H39N/c1-3-9-35-25-37(14-13-32(35)7-1)34-15-18-40(19-16-34)50(41-20-17-33-8-2-4-10-36(33)26-41)42-21-22-46-44(28-42)43-11-5-6-12-45(43)49(46)39-24-31-23-38-30-48(49,29-31)47(38)27-39/h1-22,25-26,28,31,38-39,47H,23-24,27,29-30H2. The van der Waals surface area contributed by atoms with E-state index in [0.717, 1.165) is 23.7 Å². The van der Waals surface area contributed by atoms with Crippen molar-refractivity contribution in [1.29, 1.82) is 0 Å². The van der Waals surface area contributed by atoms with E-state index in [-0.39, 0.29) is 5.41 Å². The van der Waals surface area contributed by atoms with E-state index < -0.39 is 0 Å². The average molecular weight is 642 g/mol. The summed E-state index contributed by atoms with van der Waals surface area (Å²) in [6.07, 6.45) is 7.28. The van der Waals surface area contributed by atoms with Gasteiger partial charge in [0.1, 0.15) is 0 Å². The lowest BCUT2D eigenvalue weighted by atomic mass is 9.36. The monoisotopic (exact) mass is 641 g/mol. The smallest absolute Gasteiger partial charge is 0.0468 e. The van der Waals surface area contributed by atoms with Gasteiger partial charge in [0.25, 0.3) is 0 Å². The maximum Gasteiger partial charge on any atom is 0.0468 e. The Bertz CT molecular complexity index is 2520. The van der Waals surface area contributed by atoms with Gasteiger partial charge in [0.2, 0.25) is 0 Å². The number of hydrogen-bond donors (Lipinski definition) is 0. The summed E-state index contributed by atoms with van der Waals surface area (Å²) in [5.41, 5.74) is 13.0. The summed E-state index contributed by atoms with van der Waals surface area (Å²) in [6.45, 7) is 0. The van der Waals surface area contributed by atoms with Gasteiger partial charge in [0.15, 0.2) is 0 Å². The Hall–Kier alpha value is -5.14. The molecular weight excluding hydrogens is 603 g/mol. The van der Waals surface area contributed by atoms with E-state index >= 15 is 0 Å². The summed E-state index contributed by atoms with van der Waals surface area (Å²) >= 11 is 0. The number of hydrogen-bond acceptors (Lipinski definition) is 1. The highest BCUT2D eigenvalue weighted by Gasteiger charge is 2.78. The van der Waals surface area contributed by atoms with Gasteiger partial charge >= 0.3 is 0 Å². The topological polar surface area (TPSA) is 3.24 Å². The van der Waals surface area contributed by atoms with Crippen molar-refractivity contribution in [2.45, 2.75) is 37.5 Å². The molecule has 0 aromatic heterocycles. The van der Waals surface area contributed by atoms with Gasteiger partial charge in [-0.05, 0) is 159 Å². The van der Waals surface area contributed by atoms with Crippen LogP contribution in [0.1, 0.15) is 43.2 Å². The van der Waals surface area contributed by atoms with Gasteiger partial charge < -0.3 is 4.90 Å². The van der Waals surface area contributed by atoms with E-state index in [1.54, 1.807) is 11.1 Å². The van der Waals surface area contributed by atoms with Crippen LogP contribution in [-0.4, -0.2) is 0 Å². The van der Waals surface area contributed by atoms with Crippen molar-refractivity contribution >= 4 is 38.6 Å². The van der Waals surface area contributed by atoms with Gasteiger partial charge in [-0.3, -0.25) is 0 Å². The summed E-state index contributed by atoms with van der Waals surface area (Å²) in [5, 5.41) is 5.09. The molecule has 7 aromatic rings. The molecule has 7 aromatic carbocycles. The second-order valence-corrected chi connectivity index (χ2v) is 16.3. The Balaban J connectivity index is 1.02. The predicted molar refractivity (Wildman–Crippen MR) is 207 cm³/mol. The maximum absolute atomic E-state index is 2.58. The largest absolute Gasteiger partial charge is 0.310 e. The quantitative estimate of drug-likeness (QED) is 0.185. The van der Waals surface area contributed by atoms with Gasteiger partial charge in [0.05, 0.1) is 0 Å². The van der Waals surface area contributed by atoms with Crippen LogP contribution in [0.4, 0.5) is 17.1 Å². The molecule has 6 unspecified atom stereocenters. The predicted octanol–water partition coefficient (Wildman–Crippen LogP) is 12.9. The molecule has 0 radical (unpaired) electrons. The molecule has 2 spiro atoms. The fraction of sp³-hybridized carbons (Fsp3) is 0.224.